The largest absolute Gasteiger partial charge is 0.497 e. The van der Waals surface area contributed by atoms with Crippen molar-refractivity contribution in [2.24, 2.45) is 0 Å². The molecule has 0 spiro atoms. The summed E-state index contributed by atoms with van der Waals surface area (Å²) in [5.74, 6) is 1.32. The van der Waals surface area contributed by atoms with Crippen LogP contribution in [-0.4, -0.2) is 31.6 Å². The third-order valence-corrected chi connectivity index (χ3v) is 5.51. The Hall–Kier alpha value is -2.01. The fourth-order valence-corrected chi connectivity index (χ4v) is 4.25. The van der Waals surface area contributed by atoms with Gasteiger partial charge in [0.2, 0.25) is 0 Å². The molecule has 1 aromatic carbocycles. The molecule has 1 atom stereocenters. The van der Waals surface area contributed by atoms with Gasteiger partial charge in [0.15, 0.2) is 0 Å². The highest BCUT2D eigenvalue weighted by molar-refractivity contribution is 7.10. The standard InChI is InChI=1S/C19H23NO3S/c1-4-5-17-16-7-9-24-18(16)6-8-20(17)19(21)13-10-14(22-2)12-15(11-13)23-3/h7,9-12,17H,4-6,8H2,1-3H3. The lowest BCUT2D eigenvalue weighted by atomic mass is 9.95. The predicted octanol–water partition coefficient (Wildman–Crippen LogP) is 4.31. The van der Waals surface area contributed by atoms with Crippen LogP contribution in [0.2, 0.25) is 0 Å². The molecule has 128 valence electrons. The highest BCUT2D eigenvalue weighted by atomic mass is 32.1. The zero-order valence-corrected chi connectivity index (χ0v) is 15.2. The highest BCUT2D eigenvalue weighted by Crippen LogP contribution is 2.37. The Morgan fingerprint density at radius 2 is 1.96 bits per heavy atom. The molecule has 0 N–H and O–H groups in total. The Morgan fingerprint density at radius 1 is 1.25 bits per heavy atom. The molecule has 0 radical (unpaired) electrons. The van der Waals surface area contributed by atoms with E-state index in [0.717, 1.165) is 25.8 Å². The highest BCUT2D eigenvalue weighted by Gasteiger charge is 2.31. The van der Waals surface area contributed by atoms with Gasteiger partial charge in [0.25, 0.3) is 5.91 Å². The van der Waals surface area contributed by atoms with Crippen LogP contribution in [0.3, 0.4) is 0 Å². The van der Waals surface area contributed by atoms with Crippen LogP contribution in [0.15, 0.2) is 29.6 Å². The number of nitrogens with zero attached hydrogens (tertiary/aromatic N) is 1. The monoisotopic (exact) mass is 345 g/mol. The lowest BCUT2D eigenvalue weighted by Gasteiger charge is -2.36. The van der Waals surface area contributed by atoms with Gasteiger partial charge in [0.05, 0.1) is 20.3 Å². The molecule has 1 aliphatic heterocycles. The van der Waals surface area contributed by atoms with E-state index in [-0.39, 0.29) is 11.9 Å². The van der Waals surface area contributed by atoms with Gasteiger partial charge in [0, 0.05) is 23.1 Å². The topological polar surface area (TPSA) is 38.8 Å². The van der Waals surface area contributed by atoms with Crippen LogP contribution in [0.1, 0.15) is 46.6 Å². The third-order valence-electron chi connectivity index (χ3n) is 4.52. The van der Waals surface area contributed by atoms with E-state index in [1.165, 1.54) is 10.4 Å². The van der Waals surface area contributed by atoms with Crippen LogP contribution in [0, 0.1) is 0 Å². The summed E-state index contributed by atoms with van der Waals surface area (Å²) in [5.41, 5.74) is 1.93. The van der Waals surface area contributed by atoms with E-state index in [4.69, 9.17) is 9.47 Å². The molecule has 0 saturated heterocycles. The number of benzene rings is 1. The van der Waals surface area contributed by atoms with Crippen LogP contribution in [0.25, 0.3) is 0 Å². The number of fused-ring (bicyclic) bond motifs is 1. The molecule has 3 rings (SSSR count). The molecule has 1 aromatic heterocycles. The average Bonchev–Trinajstić information content (AvgIpc) is 3.10. The van der Waals surface area contributed by atoms with Crippen molar-refractivity contribution in [3.05, 3.63) is 45.6 Å². The first-order valence-corrected chi connectivity index (χ1v) is 9.16. The molecule has 1 amide bonds. The van der Waals surface area contributed by atoms with Gasteiger partial charge >= 0.3 is 0 Å². The number of ether oxygens (including phenoxy) is 2. The van der Waals surface area contributed by atoms with Crippen molar-refractivity contribution in [3.8, 4) is 11.5 Å². The first-order valence-electron chi connectivity index (χ1n) is 8.28. The first kappa shape index (κ1) is 16.8. The minimum Gasteiger partial charge on any atom is -0.497 e. The summed E-state index contributed by atoms with van der Waals surface area (Å²) in [6.45, 7) is 2.93. The smallest absolute Gasteiger partial charge is 0.254 e. The average molecular weight is 345 g/mol. The summed E-state index contributed by atoms with van der Waals surface area (Å²) < 4.78 is 10.6. The second-order valence-corrected chi connectivity index (χ2v) is 6.95. The van der Waals surface area contributed by atoms with Gasteiger partial charge in [-0.2, -0.15) is 0 Å². The number of rotatable bonds is 5. The Balaban J connectivity index is 1.94. The van der Waals surface area contributed by atoms with Crippen molar-refractivity contribution in [1.82, 2.24) is 4.90 Å². The summed E-state index contributed by atoms with van der Waals surface area (Å²) >= 11 is 1.80. The summed E-state index contributed by atoms with van der Waals surface area (Å²) in [5, 5.41) is 2.13. The summed E-state index contributed by atoms with van der Waals surface area (Å²) in [7, 11) is 3.20. The fourth-order valence-electron chi connectivity index (χ4n) is 3.32. The maximum atomic E-state index is 13.2. The van der Waals surface area contributed by atoms with E-state index in [1.807, 2.05) is 4.90 Å². The van der Waals surface area contributed by atoms with Gasteiger partial charge in [-0.3, -0.25) is 4.79 Å². The van der Waals surface area contributed by atoms with Crippen molar-refractivity contribution in [3.63, 3.8) is 0 Å². The van der Waals surface area contributed by atoms with Crippen LogP contribution in [-0.2, 0) is 6.42 Å². The number of hydrogen-bond donors (Lipinski definition) is 0. The van der Waals surface area contributed by atoms with Gasteiger partial charge < -0.3 is 14.4 Å². The van der Waals surface area contributed by atoms with Crippen molar-refractivity contribution < 1.29 is 14.3 Å². The molecule has 1 unspecified atom stereocenters. The Morgan fingerprint density at radius 3 is 2.58 bits per heavy atom. The second-order valence-electron chi connectivity index (χ2n) is 5.95. The number of hydrogen-bond acceptors (Lipinski definition) is 4. The summed E-state index contributed by atoms with van der Waals surface area (Å²) in [4.78, 5) is 16.6. The number of thiophene rings is 1. The second kappa shape index (κ2) is 7.26. The van der Waals surface area contributed by atoms with Crippen molar-refractivity contribution in [2.75, 3.05) is 20.8 Å². The minimum absolute atomic E-state index is 0.0440. The molecule has 2 heterocycles. The first-order chi connectivity index (χ1) is 11.7. The minimum atomic E-state index is 0.0440. The molecule has 2 aromatic rings. The summed E-state index contributed by atoms with van der Waals surface area (Å²) in [6, 6.07) is 7.70. The molecule has 0 aliphatic carbocycles. The SMILES string of the molecule is CCCC1c2ccsc2CCN1C(=O)c1cc(OC)cc(OC)c1. The zero-order valence-electron chi connectivity index (χ0n) is 14.4. The van der Waals surface area contributed by atoms with E-state index in [2.05, 4.69) is 18.4 Å². The Labute approximate surface area is 147 Å². The van der Waals surface area contributed by atoms with Crippen molar-refractivity contribution >= 4 is 17.2 Å². The molecule has 0 fully saturated rings. The van der Waals surface area contributed by atoms with Crippen molar-refractivity contribution in [1.29, 1.82) is 0 Å². The van der Waals surface area contributed by atoms with E-state index >= 15 is 0 Å². The predicted molar refractivity (Wildman–Crippen MR) is 96.3 cm³/mol. The van der Waals surface area contributed by atoms with Gasteiger partial charge in [-0.05, 0) is 42.0 Å². The number of carbonyl (C=O) groups is 1. The van der Waals surface area contributed by atoms with Crippen LogP contribution in [0.5, 0.6) is 11.5 Å². The molecule has 4 nitrogen and oxygen atoms in total. The van der Waals surface area contributed by atoms with Gasteiger partial charge in [-0.25, -0.2) is 0 Å². The van der Waals surface area contributed by atoms with E-state index in [1.54, 1.807) is 43.8 Å². The molecule has 24 heavy (non-hydrogen) atoms. The van der Waals surface area contributed by atoms with Crippen LogP contribution in [0.4, 0.5) is 0 Å². The van der Waals surface area contributed by atoms with Crippen LogP contribution < -0.4 is 9.47 Å². The quantitative estimate of drug-likeness (QED) is 0.811. The van der Waals surface area contributed by atoms with E-state index in [0.29, 0.717) is 17.1 Å². The van der Waals surface area contributed by atoms with Crippen LogP contribution >= 0.6 is 11.3 Å². The normalized spacial score (nSPS) is 16.6. The lowest BCUT2D eigenvalue weighted by Crippen LogP contribution is -2.39. The number of methoxy groups -OCH3 is 2. The molecular weight excluding hydrogens is 322 g/mol. The fraction of sp³-hybridized carbons (Fsp3) is 0.421. The third kappa shape index (κ3) is 3.13. The van der Waals surface area contributed by atoms with E-state index in [9.17, 15) is 4.79 Å². The maximum absolute atomic E-state index is 13.2. The van der Waals surface area contributed by atoms with Gasteiger partial charge in [-0.1, -0.05) is 13.3 Å². The van der Waals surface area contributed by atoms with Gasteiger partial charge in [-0.15, -0.1) is 11.3 Å². The molecular formula is C19H23NO3S. The molecule has 5 heteroatoms. The summed E-state index contributed by atoms with van der Waals surface area (Å²) in [6.07, 6.45) is 2.96. The Kier molecular flexibility index (Phi) is 5.09. The lowest BCUT2D eigenvalue weighted by molar-refractivity contribution is 0.0651. The molecule has 0 saturated carbocycles. The maximum Gasteiger partial charge on any atom is 0.254 e. The molecule has 0 bridgehead atoms. The van der Waals surface area contributed by atoms with Crippen molar-refractivity contribution in [2.45, 2.75) is 32.2 Å². The Bertz CT molecular complexity index is 703. The molecule has 1 aliphatic rings. The zero-order chi connectivity index (χ0) is 17.1. The number of carbonyl (C=O) groups excluding carboxylic acids is 1. The van der Waals surface area contributed by atoms with E-state index < -0.39 is 0 Å². The van der Waals surface area contributed by atoms with Gasteiger partial charge in [0.1, 0.15) is 11.5 Å². The number of amides is 1.